The Labute approximate surface area is 480 Å². The number of pyridine rings is 1. The molecule has 0 unspecified atom stereocenters. The first-order valence-electron chi connectivity index (χ1n) is 31.0. The van der Waals surface area contributed by atoms with E-state index in [1.807, 2.05) is 70.3 Å². The normalized spacial score (nSPS) is 28.1. The summed E-state index contributed by atoms with van der Waals surface area (Å²) in [5.74, 6) is -0.166. The van der Waals surface area contributed by atoms with Crippen LogP contribution in [-0.2, 0) is 43.3 Å². The average molecular weight is 1130 g/mol. The van der Waals surface area contributed by atoms with Crippen molar-refractivity contribution in [3.8, 4) is 22.4 Å². The number of hydrogen-bond acceptors (Lipinski definition) is 11. The number of amides is 3. The van der Waals surface area contributed by atoms with Gasteiger partial charge in [0.15, 0.2) is 0 Å². The number of rotatable bonds is 11. The van der Waals surface area contributed by atoms with Crippen molar-refractivity contribution >= 4 is 40.3 Å². The Morgan fingerprint density at radius 2 is 1.63 bits per heavy atom. The lowest BCUT2D eigenvalue weighted by Gasteiger charge is -2.37. The van der Waals surface area contributed by atoms with Crippen LogP contribution in [0.5, 0.6) is 0 Å². The molecule has 6 bridgehead atoms. The number of cyclic esters (lactones) is 1. The van der Waals surface area contributed by atoms with Crippen LogP contribution < -0.4 is 21.0 Å². The number of nitrogens with zero attached hydrogens (tertiary/aromatic N) is 7. The number of piperazine rings is 1. The van der Waals surface area contributed by atoms with Crippen LogP contribution in [0.1, 0.15) is 127 Å². The Kier molecular flexibility index (Phi) is 14.8. The van der Waals surface area contributed by atoms with Gasteiger partial charge in [-0.1, -0.05) is 70.9 Å². The summed E-state index contributed by atoms with van der Waals surface area (Å²) < 4.78 is 53.3. The highest BCUT2D eigenvalue weighted by atomic mass is 19.4. The van der Waals surface area contributed by atoms with Gasteiger partial charge in [0.2, 0.25) is 11.8 Å². The monoisotopic (exact) mass is 1130 g/mol. The summed E-state index contributed by atoms with van der Waals surface area (Å²) in [6.07, 6.45) is 9.31. The van der Waals surface area contributed by atoms with Crippen LogP contribution in [0.4, 0.5) is 18.9 Å². The minimum absolute atomic E-state index is 0.0301. The highest BCUT2D eigenvalue weighted by molar-refractivity contribution is 5.96. The molecule has 6 atom stereocenters. The highest BCUT2D eigenvalue weighted by Crippen LogP contribution is 2.47. The molecule has 440 valence electrons. The van der Waals surface area contributed by atoms with Crippen LogP contribution in [-0.4, -0.2) is 161 Å². The van der Waals surface area contributed by atoms with Crippen molar-refractivity contribution in [3.05, 3.63) is 71.5 Å². The van der Waals surface area contributed by atoms with Crippen molar-refractivity contribution in [1.29, 1.82) is 0 Å². The van der Waals surface area contributed by atoms with Gasteiger partial charge in [0, 0.05) is 98.2 Å². The minimum atomic E-state index is -4.56. The van der Waals surface area contributed by atoms with E-state index < -0.39 is 42.2 Å². The summed E-state index contributed by atoms with van der Waals surface area (Å²) in [5.41, 5.74) is 8.70. The molecule has 8 heterocycles. The van der Waals surface area contributed by atoms with Gasteiger partial charge in [-0.15, -0.1) is 0 Å². The number of fused-ring (bicyclic) bond motifs is 6. The van der Waals surface area contributed by atoms with Crippen molar-refractivity contribution in [2.45, 2.75) is 172 Å². The van der Waals surface area contributed by atoms with Gasteiger partial charge >= 0.3 is 12.1 Å². The Bertz CT molecular complexity index is 3100. The van der Waals surface area contributed by atoms with Crippen LogP contribution in [0.15, 0.2) is 54.7 Å². The van der Waals surface area contributed by atoms with Crippen molar-refractivity contribution in [2.24, 2.45) is 22.7 Å². The number of hydrazine groups is 1. The highest BCUT2D eigenvalue weighted by Gasteiger charge is 2.55. The molecule has 6 aliphatic heterocycles. The van der Waals surface area contributed by atoms with E-state index in [2.05, 4.69) is 41.7 Å². The summed E-state index contributed by atoms with van der Waals surface area (Å²) >= 11 is 0. The lowest BCUT2D eigenvalue weighted by Crippen LogP contribution is -2.62. The number of likely N-dealkylation sites (tertiary alicyclic amines) is 2. The molecule has 5 saturated heterocycles. The van der Waals surface area contributed by atoms with Crippen LogP contribution in [0.3, 0.4) is 0 Å². The van der Waals surface area contributed by atoms with Gasteiger partial charge in [-0.2, -0.15) is 13.2 Å². The molecule has 2 aromatic heterocycles. The van der Waals surface area contributed by atoms with E-state index in [1.54, 1.807) is 6.07 Å². The zero-order chi connectivity index (χ0) is 56.8. The molecule has 3 amide bonds. The van der Waals surface area contributed by atoms with Gasteiger partial charge in [0.1, 0.15) is 24.7 Å². The van der Waals surface area contributed by atoms with Crippen LogP contribution in [0.25, 0.3) is 33.3 Å². The smallest absolute Gasteiger partial charge is 0.406 e. The predicted molar refractivity (Wildman–Crippen MR) is 309 cm³/mol. The first-order chi connectivity index (χ1) is 39.4. The predicted octanol–water partition coefficient (Wildman–Crippen LogP) is 8.22. The van der Waals surface area contributed by atoms with Gasteiger partial charge in [-0.05, 0) is 135 Å². The molecule has 1 spiro atoms. The number of ether oxygens (including phenoxy) is 1. The molecular formula is C64H83F3N10O5. The lowest BCUT2D eigenvalue weighted by atomic mass is 9.83. The van der Waals surface area contributed by atoms with E-state index in [9.17, 15) is 9.59 Å². The summed E-state index contributed by atoms with van der Waals surface area (Å²) in [4.78, 5) is 72.7. The molecule has 3 N–H and O–H groups in total. The maximum absolute atomic E-state index is 15.3. The SMILES string of the molecule is CC(C)c1ncc(N2CCN(C3CC3)CC2)cc1-c1c2c3cc(ccc3n1CC(F)(F)F)-c1cccc(c1)C[C@H](NC(=O)[C@H](C1CCCC1)N1CC[C@]3(CCN(C(=O)[C@@H]4N[C@@H]4C4CC4)C3)C1)C(=O)N1CCC[C@H](N1)C(=O)OCC(C)(C)C2. The number of carbonyl (C=O) groups excluding carboxylic acids is 4. The number of anilines is 1. The van der Waals surface area contributed by atoms with E-state index in [0.717, 1.165) is 112 Å². The van der Waals surface area contributed by atoms with Crippen LogP contribution in [0.2, 0.25) is 0 Å². The standard InChI is InChI=1S/C64H83F3N10O5/c1-39(2)53-48(32-46(34-68-53)73-27-25-72(26-28-73)45-17-18-45)57-49-33-62(3,4)38-82-61(81)50-13-8-22-77(71-50)59(79)51(30-40-9-7-12-43(29-40)44-16-19-52(47(49)31-44)76(57)37-64(65,66)67)69-58(78)56(42-10-5-6-11-42)74-23-20-63(35-74)21-24-75(36-63)60(80)55-54(70-55)41-14-15-41/h7,9,12,16,19,29,31-32,34,39,41-42,45,50-51,54-56,70-71H,5-6,8,10-11,13-15,17-18,20-28,30,33,35-38H2,1-4H3,(H,69,78)/t50-,51-,54+,55+,56-,63-/m0/s1. The number of esters is 1. The zero-order valence-electron chi connectivity index (χ0n) is 48.4. The molecule has 3 aliphatic carbocycles. The number of aromatic nitrogens is 2. The third-order valence-corrected chi connectivity index (χ3v) is 20.0. The summed E-state index contributed by atoms with van der Waals surface area (Å²) in [6.45, 7) is 13.5. The molecule has 13 rings (SSSR count). The first kappa shape index (κ1) is 55.6. The second kappa shape index (κ2) is 21.8. The number of hydrogen-bond donors (Lipinski definition) is 3. The van der Waals surface area contributed by atoms with Gasteiger partial charge < -0.3 is 24.4 Å². The van der Waals surface area contributed by atoms with Gasteiger partial charge in [-0.25, -0.2) is 5.43 Å². The maximum atomic E-state index is 15.3. The van der Waals surface area contributed by atoms with Crippen LogP contribution >= 0.6 is 0 Å². The maximum Gasteiger partial charge on any atom is 0.406 e. The number of benzene rings is 2. The van der Waals surface area contributed by atoms with Gasteiger partial charge in [0.25, 0.3) is 5.91 Å². The van der Waals surface area contributed by atoms with E-state index in [-0.39, 0.29) is 60.5 Å². The van der Waals surface area contributed by atoms with E-state index >= 15 is 22.8 Å². The largest absolute Gasteiger partial charge is 0.464 e. The van der Waals surface area contributed by atoms with E-state index in [0.29, 0.717) is 71.8 Å². The van der Waals surface area contributed by atoms with Gasteiger partial charge in [0.05, 0.1) is 35.9 Å². The topological polar surface area (TPSA) is 158 Å². The molecule has 8 fully saturated rings. The van der Waals surface area contributed by atoms with Crippen molar-refractivity contribution in [1.82, 2.24) is 45.3 Å². The number of nitrogens with one attached hydrogen (secondary N) is 3. The van der Waals surface area contributed by atoms with E-state index in [4.69, 9.17) is 9.72 Å². The van der Waals surface area contributed by atoms with E-state index in [1.165, 1.54) is 35.3 Å². The van der Waals surface area contributed by atoms with Crippen molar-refractivity contribution < 1.29 is 37.1 Å². The third kappa shape index (κ3) is 11.4. The second-order valence-corrected chi connectivity index (χ2v) is 27.3. The zero-order valence-corrected chi connectivity index (χ0v) is 48.4. The minimum Gasteiger partial charge on any atom is -0.464 e. The molecule has 18 heteroatoms. The molecule has 3 saturated carbocycles. The molecule has 2 aromatic carbocycles. The van der Waals surface area contributed by atoms with Gasteiger partial charge in [-0.3, -0.25) is 44.3 Å². The second-order valence-electron chi connectivity index (χ2n) is 27.3. The first-order valence-corrected chi connectivity index (χ1v) is 31.0. The fraction of sp³-hybridized carbons (Fsp3) is 0.641. The molecule has 15 nitrogen and oxygen atoms in total. The molecule has 0 radical (unpaired) electrons. The Morgan fingerprint density at radius 3 is 2.38 bits per heavy atom. The summed E-state index contributed by atoms with van der Waals surface area (Å²) in [5, 5.41) is 8.96. The fourth-order valence-electron chi connectivity index (χ4n) is 15.3. The summed E-state index contributed by atoms with van der Waals surface area (Å²) in [6, 6.07) is 14.3. The molecule has 82 heavy (non-hydrogen) atoms. The number of halogens is 3. The number of carbonyl (C=O) groups is 4. The number of alkyl halides is 3. The lowest BCUT2D eigenvalue weighted by molar-refractivity contribution is -0.155. The van der Waals surface area contributed by atoms with Crippen molar-refractivity contribution in [3.63, 3.8) is 0 Å². The molecule has 4 aromatic rings. The molecule has 9 aliphatic rings. The Hall–Kier alpha value is -5.56. The fourth-order valence-corrected chi connectivity index (χ4v) is 15.3. The Morgan fingerprint density at radius 1 is 0.866 bits per heavy atom. The quantitative estimate of drug-likeness (QED) is 0.0983. The molecular weight excluding hydrogens is 1050 g/mol. The van der Waals surface area contributed by atoms with Crippen LogP contribution in [0, 0.1) is 22.7 Å². The Balaban J connectivity index is 0.848. The summed E-state index contributed by atoms with van der Waals surface area (Å²) in [7, 11) is 0. The average Bonchev–Trinajstić information content (AvgIpc) is 3.70. The third-order valence-electron chi connectivity index (χ3n) is 20.0. The van der Waals surface area contributed by atoms with Crippen molar-refractivity contribution in [2.75, 3.05) is 70.4 Å².